The normalized spacial score (nSPS) is 30.1. The van der Waals surface area contributed by atoms with Crippen LogP contribution in [0.25, 0.3) is 0 Å². The first kappa shape index (κ1) is 15.2. The van der Waals surface area contributed by atoms with Gasteiger partial charge in [-0.05, 0) is 50.0 Å². The molecule has 1 unspecified atom stereocenters. The van der Waals surface area contributed by atoms with Gasteiger partial charge in [0, 0.05) is 0 Å². The summed E-state index contributed by atoms with van der Waals surface area (Å²) in [5, 5.41) is 0. The molecule has 0 bridgehead atoms. The molecular formula is C17H27F. The molecule has 18 heavy (non-hydrogen) atoms. The zero-order valence-electron chi connectivity index (χ0n) is 12.3. The standard InChI is InChI=1S/C17H27F/c1-5-9-15-10-7-8-13-17(15,4)14(3)11-12-16(18)6-2/h6,9,11-12,14H,5,7-8,10,13H2,1-4H3/b12-11-,15-9?,16-6+/t14-,17?/m1/s1. The minimum absolute atomic E-state index is 0.137. The highest BCUT2D eigenvalue weighted by Crippen LogP contribution is 2.46. The topological polar surface area (TPSA) is 0 Å². The van der Waals surface area contributed by atoms with Crippen LogP contribution in [0.3, 0.4) is 0 Å². The third kappa shape index (κ3) is 3.57. The number of allylic oxidation sites excluding steroid dienone is 6. The molecule has 0 nitrogen and oxygen atoms in total. The van der Waals surface area contributed by atoms with E-state index in [0.29, 0.717) is 5.92 Å². The Hall–Kier alpha value is -0.850. The van der Waals surface area contributed by atoms with Crippen LogP contribution in [-0.2, 0) is 0 Å². The van der Waals surface area contributed by atoms with Crippen molar-refractivity contribution in [2.24, 2.45) is 11.3 Å². The Morgan fingerprint density at radius 1 is 1.44 bits per heavy atom. The van der Waals surface area contributed by atoms with Gasteiger partial charge in [-0.15, -0.1) is 0 Å². The molecule has 0 N–H and O–H groups in total. The molecule has 0 aliphatic heterocycles. The second-order valence-corrected chi connectivity index (χ2v) is 5.58. The molecule has 1 rings (SSSR count). The van der Waals surface area contributed by atoms with Crippen LogP contribution in [0.1, 0.15) is 59.8 Å². The molecule has 0 amide bonds. The predicted octanol–water partition coefficient (Wildman–Crippen LogP) is 5.97. The van der Waals surface area contributed by atoms with Crippen LogP contribution in [0.15, 0.2) is 35.7 Å². The van der Waals surface area contributed by atoms with E-state index in [-0.39, 0.29) is 11.2 Å². The third-order valence-electron chi connectivity index (χ3n) is 4.40. The van der Waals surface area contributed by atoms with Gasteiger partial charge >= 0.3 is 0 Å². The number of rotatable bonds is 4. The van der Waals surface area contributed by atoms with Crippen LogP contribution in [0.4, 0.5) is 4.39 Å². The predicted molar refractivity (Wildman–Crippen MR) is 78.1 cm³/mol. The lowest BCUT2D eigenvalue weighted by molar-refractivity contribution is 0.236. The van der Waals surface area contributed by atoms with Crippen molar-refractivity contribution in [1.82, 2.24) is 0 Å². The van der Waals surface area contributed by atoms with E-state index >= 15 is 0 Å². The van der Waals surface area contributed by atoms with E-state index in [1.54, 1.807) is 18.6 Å². The average molecular weight is 250 g/mol. The van der Waals surface area contributed by atoms with Crippen LogP contribution in [0.2, 0.25) is 0 Å². The Morgan fingerprint density at radius 2 is 2.17 bits per heavy atom. The summed E-state index contributed by atoms with van der Waals surface area (Å²) >= 11 is 0. The lowest BCUT2D eigenvalue weighted by Crippen LogP contribution is -2.29. The van der Waals surface area contributed by atoms with Crippen LogP contribution >= 0.6 is 0 Å². The average Bonchev–Trinajstić information content (AvgIpc) is 2.38. The molecule has 0 radical (unpaired) electrons. The summed E-state index contributed by atoms with van der Waals surface area (Å²) in [6.07, 6.45) is 13.7. The minimum Gasteiger partial charge on any atom is -0.207 e. The van der Waals surface area contributed by atoms with Gasteiger partial charge in [0.05, 0.1) is 0 Å². The van der Waals surface area contributed by atoms with Crippen molar-refractivity contribution < 1.29 is 4.39 Å². The molecule has 0 saturated heterocycles. The fourth-order valence-corrected chi connectivity index (χ4v) is 2.90. The molecule has 0 heterocycles. The summed E-state index contributed by atoms with van der Waals surface area (Å²) in [4.78, 5) is 0. The molecule has 1 aliphatic carbocycles. The van der Waals surface area contributed by atoms with E-state index in [1.807, 2.05) is 6.08 Å². The molecule has 0 aromatic heterocycles. The van der Waals surface area contributed by atoms with Gasteiger partial charge in [-0.3, -0.25) is 0 Å². The summed E-state index contributed by atoms with van der Waals surface area (Å²) < 4.78 is 13.2. The van der Waals surface area contributed by atoms with E-state index in [9.17, 15) is 4.39 Å². The number of hydrogen-bond donors (Lipinski definition) is 0. The first-order valence-electron chi connectivity index (χ1n) is 7.24. The second-order valence-electron chi connectivity index (χ2n) is 5.58. The molecule has 0 aromatic rings. The van der Waals surface area contributed by atoms with Crippen molar-refractivity contribution in [2.45, 2.75) is 59.8 Å². The van der Waals surface area contributed by atoms with Crippen molar-refractivity contribution in [1.29, 1.82) is 0 Å². The van der Waals surface area contributed by atoms with E-state index in [4.69, 9.17) is 0 Å². The SMILES string of the molecule is C/C=C(F)\C=C/[C@@H](C)C1(C)CCCCC1=CCC. The largest absolute Gasteiger partial charge is 0.207 e. The summed E-state index contributed by atoms with van der Waals surface area (Å²) in [7, 11) is 0. The molecular weight excluding hydrogens is 223 g/mol. The van der Waals surface area contributed by atoms with Gasteiger partial charge in [-0.2, -0.15) is 0 Å². The van der Waals surface area contributed by atoms with Gasteiger partial charge in [0.2, 0.25) is 0 Å². The van der Waals surface area contributed by atoms with E-state index in [0.717, 1.165) is 6.42 Å². The maximum atomic E-state index is 13.2. The van der Waals surface area contributed by atoms with Crippen molar-refractivity contribution in [3.63, 3.8) is 0 Å². The van der Waals surface area contributed by atoms with Gasteiger partial charge < -0.3 is 0 Å². The van der Waals surface area contributed by atoms with Crippen LogP contribution in [0.5, 0.6) is 0 Å². The van der Waals surface area contributed by atoms with Gasteiger partial charge in [-0.25, -0.2) is 4.39 Å². The molecule has 0 aromatic carbocycles. The molecule has 102 valence electrons. The fraction of sp³-hybridized carbons (Fsp3) is 0.647. The van der Waals surface area contributed by atoms with Gasteiger partial charge in [0.1, 0.15) is 5.83 Å². The highest BCUT2D eigenvalue weighted by molar-refractivity contribution is 5.21. The second kappa shape index (κ2) is 6.92. The molecule has 1 aliphatic rings. The maximum absolute atomic E-state index is 13.2. The fourth-order valence-electron chi connectivity index (χ4n) is 2.90. The zero-order valence-corrected chi connectivity index (χ0v) is 12.3. The quantitative estimate of drug-likeness (QED) is 0.426. The lowest BCUT2D eigenvalue weighted by atomic mass is 9.64. The summed E-state index contributed by atoms with van der Waals surface area (Å²) in [6.45, 7) is 8.49. The third-order valence-corrected chi connectivity index (χ3v) is 4.40. The van der Waals surface area contributed by atoms with E-state index < -0.39 is 0 Å². The van der Waals surface area contributed by atoms with Gasteiger partial charge in [-0.1, -0.05) is 51.0 Å². The minimum atomic E-state index is -0.137. The lowest BCUT2D eigenvalue weighted by Gasteiger charge is -2.40. The van der Waals surface area contributed by atoms with Gasteiger partial charge in [0.15, 0.2) is 0 Å². The Labute approximate surface area is 112 Å². The monoisotopic (exact) mass is 250 g/mol. The summed E-state index contributed by atoms with van der Waals surface area (Å²) in [5.74, 6) is 0.253. The molecule has 1 fully saturated rings. The summed E-state index contributed by atoms with van der Waals surface area (Å²) in [5.41, 5.74) is 1.80. The van der Waals surface area contributed by atoms with Gasteiger partial charge in [0.25, 0.3) is 0 Å². The molecule has 1 saturated carbocycles. The van der Waals surface area contributed by atoms with Crippen LogP contribution in [-0.4, -0.2) is 0 Å². The maximum Gasteiger partial charge on any atom is 0.118 e. The Balaban J connectivity index is 2.88. The zero-order chi connectivity index (χ0) is 13.6. The highest BCUT2D eigenvalue weighted by atomic mass is 19.1. The van der Waals surface area contributed by atoms with Crippen molar-refractivity contribution >= 4 is 0 Å². The Kier molecular flexibility index (Phi) is 5.84. The van der Waals surface area contributed by atoms with Crippen molar-refractivity contribution in [3.05, 3.63) is 35.7 Å². The first-order valence-corrected chi connectivity index (χ1v) is 7.24. The van der Waals surface area contributed by atoms with Crippen molar-refractivity contribution in [3.8, 4) is 0 Å². The smallest absolute Gasteiger partial charge is 0.118 e. The summed E-state index contributed by atoms with van der Waals surface area (Å²) in [6, 6.07) is 0. The van der Waals surface area contributed by atoms with Crippen LogP contribution in [0, 0.1) is 11.3 Å². The highest BCUT2D eigenvalue weighted by Gasteiger charge is 2.35. The van der Waals surface area contributed by atoms with Crippen LogP contribution < -0.4 is 0 Å². The molecule has 2 atom stereocenters. The molecule has 1 heteroatoms. The van der Waals surface area contributed by atoms with E-state index in [2.05, 4.69) is 26.8 Å². The van der Waals surface area contributed by atoms with E-state index in [1.165, 1.54) is 31.8 Å². The molecule has 0 spiro atoms. The Bertz CT molecular complexity index is 349. The van der Waals surface area contributed by atoms with Crippen molar-refractivity contribution in [2.75, 3.05) is 0 Å². The first-order chi connectivity index (χ1) is 8.54. The number of hydrogen-bond acceptors (Lipinski definition) is 0. The Morgan fingerprint density at radius 3 is 2.78 bits per heavy atom. The number of halogens is 1.